The lowest BCUT2D eigenvalue weighted by molar-refractivity contribution is -0.384. The van der Waals surface area contributed by atoms with E-state index in [9.17, 15) is 23.7 Å². The van der Waals surface area contributed by atoms with E-state index < -0.39 is 29.9 Å². The van der Waals surface area contributed by atoms with Crippen molar-refractivity contribution in [3.05, 3.63) is 38.9 Å². The van der Waals surface area contributed by atoms with Crippen molar-refractivity contribution < 1.29 is 23.6 Å². The molecule has 0 bridgehead atoms. The Morgan fingerprint density at radius 3 is 2.63 bits per heavy atom. The van der Waals surface area contributed by atoms with Gasteiger partial charge in [0.15, 0.2) is 0 Å². The fourth-order valence-electron chi connectivity index (χ4n) is 1.18. The molecular weight excluding hydrogens is 286 g/mol. The zero-order valence-electron chi connectivity index (χ0n) is 9.35. The molecule has 6 nitrogen and oxygen atoms in total. The molecule has 1 aromatic carbocycles. The van der Waals surface area contributed by atoms with Gasteiger partial charge in [-0.15, -0.1) is 0 Å². The highest BCUT2D eigenvalue weighted by Gasteiger charge is 2.19. The minimum Gasteiger partial charge on any atom is -0.385 e. The van der Waals surface area contributed by atoms with E-state index in [0.717, 1.165) is 18.2 Å². The Hall–Kier alpha value is -1.80. The van der Waals surface area contributed by atoms with Gasteiger partial charge in [-0.2, -0.15) is 0 Å². The highest BCUT2D eigenvalue weighted by Crippen LogP contribution is 2.24. The van der Waals surface area contributed by atoms with Crippen LogP contribution in [0.1, 0.15) is 10.4 Å². The number of nitro benzene ring substituents is 1. The summed E-state index contributed by atoms with van der Waals surface area (Å²) in [7, 11) is 0. The van der Waals surface area contributed by atoms with E-state index >= 15 is 0 Å². The molecule has 1 rings (SSSR count). The van der Waals surface area contributed by atoms with Crippen molar-refractivity contribution >= 4 is 23.2 Å². The molecule has 1 unspecified atom stereocenters. The first kappa shape index (κ1) is 15.3. The van der Waals surface area contributed by atoms with Crippen LogP contribution in [0.4, 0.5) is 14.5 Å². The Kier molecular flexibility index (Phi) is 5.13. The number of nitrogens with one attached hydrogen (secondary N) is 1. The van der Waals surface area contributed by atoms with Crippen LogP contribution in [0.3, 0.4) is 0 Å². The van der Waals surface area contributed by atoms with E-state index in [0.29, 0.717) is 0 Å². The van der Waals surface area contributed by atoms with Gasteiger partial charge in [-0.3, -0.25) is 14.9 Å². The maximum atomic E-state index is 12.0. The normalized spacial score (nSPS) is 12.3. The van der Waals surface area contributed by atoms with Gasteiger partial charge in [0.1, 0.15) is 11.1 Å². The van der Waals surface area contributed by atoms with E-state index in [-0.39, 0.29) is 16.3 Å². The summed E-state index contributed by atoms with van der Waals surface area (Å²) in [5, 5.41) is 21.1. The number of alkyl halides is 2. The second-order valence-electron chi connectivity index (χ2n) is 3.54. The Morgan fingerprint density at radius 1 is 1.53 bits per heavy atom. The summed E-state index contributed by atoms with van der Waals surface area (Å²) in [5.41, 5.74) is -0.400. The van der Waals surface area contributed by atoms with Gasteiger partial charge in [0.2, 0.25) is 0 Å². The molecule has 0 radical (unpaired) electrons. The van der Waals surface area contributed by atoms with Crippen molar-refractivity contribution in [1.29, 1.82) is 0 Å². The van der Waals surface area contributed by atoms with E-state index in [2.05, 4.69) is 5.32 Å². The fraction of sp³-hybridized carbons (Fsp3) is 0.300. The second-order valence-corrected chi connectivity index (χ2v) is 3.94. The molecule has 0 saturated heterocycles. The number of aliphatic hydroxyl groups excluding tert-OH is 1. The number of nitro groups is 1. The first-order valence-corrected chi connectivity index (χ1v) is 5.39. The van der Waals surface area contributed by atoms with Crippen molar-refractivity contribution in [1.82, 2.24) is 5.32 Å². The third-order valence-electron chi connectivity index (χ3n) is 2.17. The van der Waals surface area contributed by atoms with Crippen molar-refractivity contribution in [2.24, 2.45) is 0 Å². The number of halogens is 3. The first-order valence-electron chi connectivity index (χ1n) is 5.01. The molecule has 0 aliphatic carbocycles. The van der Waals surface area contributed by atoms with Crippen LogP contribution in [0, 0.1) is 10.1 Å². The van der Waals surface area contributed by atoms with Gasteiger partial charge in [-0.1, -0.05) is 11.6 Å². The smallest absolute Gasteiger partial charge is 0.287 e. The Labute approximate surface area is 111 Å². The third-order valence-corrected chi connectivity index (χ3v) is 2.47. The summed E-state index contributed by atoms with van der Waals surface area (Å²) in [6.45, 7) is -0.634. The van der Waals surface area contributed by atoms with Crippen molar-refractivity contribution in [2.45, 2.75) is 12.5 Å². The lowest BCUT2D eigenvalue weighted by atomic mass is 10.2. The van der Waals surface area contributed by atoms with Crippen LogP contribution in [-0.2, 0) is 0 Å². The monoisotopic (exact) mass is 294 g/mol. The van der Waals surface area contributed by atoms with Crippen molar-refractivity contribution in [2.75, 3.05) is 6.54 Å². The van der Waals surface area contributed by atoms with Crippen LogP contribution < -0.4 is 5.32 Å². The highest BCUT2D eigenvalue weighted by atomic mass is 35.5. The molecule has 0 fully saturated rings. The molecule has 0 spiro atoms. The average molecular weight is 295 g/mol. The molecule has 0 aromatic heterocycles. The topological polar surface area (TPSA) is 92.5 Å². The molecule has 19 heavy (non-hydrogen) atoms. The molecule has 1 amide bonds. The SMILES string of the molecule is O=C(NCC(O)C(F)F)c1ccc([N+](=O)[O-])c(Cl)c1. The summed E-state index contributed by atoms with van der Waals surface area (Å²) in [5.74, 6) is -0.767. The van der Waals surface area contributed by atoms with Crippen LogP contribution in [0.25, 0.3) is 0 Å². The zero-order chi connectivity index (χ0) is 14.6. The number of hydrogen-bond donors (Lipinski definition) is 2. The summed E-state index contributed by atoms with van der Waals surface area (Å²) in [4.78, 5) is 21.3. The van der Waals surface area contributed by atoms with Gasteiger partial charge in [0.25, 0.3) is 18.0 Å². The van der Waals surface area contributed by atoms with Crippen LogP contribution >= 0.6 is 11.6 Å². The van der Waals surface area contributed by atoms with Gasteiger partial charge in [0, 0.05) is 18.2 Å². The van der Waals surface area contributed by atoms with Crippen molar-refractivity contribution in [3.8, 4) is 0 Å². The Bertz CT molecular complexity index is 498. The van der Waals surface area contributed by atoms with E-state index in [1.807, 2.05) is 0 Å². The third kappa shape index (κ3) is 4.11. The highest BCUT2D eigenvalue weighted by molar-refractivity contribution is 6.33. The minimum atomic E-state index is -2.97. The van der Waals surface area contributed by atoms with Crippen LogP contribution in [0.5, 0.6) is 0 Å². The predicted octanol–water partition coefficient (Wildman–Crippen LogP) is 1.60. The van der Waals surface area contributed by atoms with Crippen LogP contribution in [-0.4, -0.2) is 35.0 Å². The number of rotatable bonds is 5. The largest absolute Gasteiger partial charge is 0.385 e. The minimum absolute atomic E-state index is 0.0305. The Morgan fingerprint density at radius 2 is 2.16 bits per heavy atom. The van der Waals surface area contributed by atoms with E-state index in [4.69, 9.17) is 16.7 Å². The molecule has 2 N–H and O–H groups in total. The van der Waals surface area contributed by atoms with E-state index in [1.165, 1.54) is 0 Å². The summed E-state index contributed by atoms with van der Waals surface area (Å²) < 4.78 is 24.0. The van der Waals surface area contributed by atoms with E-state index in [1.54, 1.807) is 0 Å². The molecule has 104 valence electrons. The predicted molar refractivity (Wildman–Crippen MR) is 62.5 cm³/mol. The lowest BCUT2D eigenvalue weighted by Crippen LogP contribution is -2.35. The summed E-state index contributed by atoms with van der Waals surface area (Å²) in [6.07, 6.45) is -4.95. The Balaban J connectivity index is 2.73. The molecule has 9 heteroatoms. The number of aliphatic hydroxyl groups is 1. The van der Waals surface area contributed by atoms with Crippen LogP contribution in [0.15, 0.2) is 18.2 Å². The standard InChI is InChI=1S/C10H9ClF2N2O4/c11-6-3-5(1-2-7(6)15(18)19)10(17)14-4-8(16)9(12)13/h1-3,8-9,16H,4H2,(H,14,17). The molecule has 1 aromatic rings. The maximum absolute atomic E-state index is 12.0. The first-order chi connectivity index (χ1) is 8.82. The number of hydrogen-bond acceptors (Lipinski definition) is 4. The number of benzene rings is 1. The summed E-state index contributed by atoms with van der Waals surface area (Å²) >= 11 is 5.59. The lowest BCUT2D eigenvalue weighted by Gasteiger charge is -2.10. The molecule has 0 aliphatic heterocycles. The van der Waals surface area contributed by atoms with Gasteiger partial charge >= 0.3 is 0 Å². The molecule has 0 heterocycles. The number of carbonyl (C=O) groups excluding carboxylic acids is 1. The van der Waals surface area contributed by atoms with Crippen LogP contribution in [0.2, 0.25) is 5.02 Å². The maximum Gasteiger partial charge on any atom is 0.287 e. The van der Waals surface area contributed by atoms with Gasteiger partial charge in [0.05, 0.1) is 4.92 Å². The van der Waals surface area contributed by atoms with Gasteiger partial charge in [-0.25, -0.2) is 8.78 Å². The average Bonchev–Trinajstić information content (AvgIpc) is 2.34. The van der Waals surface area contributed by atoms with Gasteiger partial charge in [-0.05, 0) is 12.1 Å². The molecule has 0 aliphatic rings. The molecular formula is C10H9ClF2N2O4. The number of amides is 1. The fourth-order valence-corrected chi connectivity index (χ4v) is 1.43. The second kappa shape index (κ2) is 6.39. The zero-order valence-corrected chi connectivity index (χ0v) is 10.1. The quantitative estimate of drug-likeness (QED) is 0.637. The summed E-state index contributed by atoms with van der Waals surface area (Å²) in [6, 6.07) is 3.21. The van der Waals surface area contributed by atoms with Crippen molar-refractivity contribution in [3.63, 3.8) is 0 Å². The molecule has 1 atom stereocenters. The van der Waals surface area contributed by atoms with Gasteiger partial charge < -0.3 is 10.4 Å². The molecule has 0 saturated carbocycles. The number of nitrogens with zero attached hydrogens (tertiary/aromatic N) is 1. The number of carbonyl (C=O) groups is 1.